The van der Waals surface area contributed by atoms with Crippen LogP contribution in [0.5, 0.6) is 0 Å². The predicted octanol–water partition coefficient (Wildman–Crippen LogP) is 18.9. The van der Waals surface area contributed by atoms with E-state index in [1.807, 2.05) is 0 Å². The molecule has 0 heterocycles. The van der Waals surface area contributed by atoms with E-state index in [0.717, 1.165) is 114 Å². The Balaban J connectivity index is 5.24. The summed E-state index contributed by atoms with van der Waals surface area (Å²) in [5.74, 6) is 0.815. The number of carbonyl (C=O) groups is 4. The second-order valence-corrected chi connectivity index (χ2v) is 29.1. The molecule has 0 aliphatic rings. The molecular weight excluding hydrogens is 1150 g/mol. The van der Waals surface area contributed by atoms with Crippen LogP contribution in [0.3, 0.4) is 0 Å². The van der Waals surface area contributed by atoms with Crippen molar-refractivity contribution < 1.29 is 80.2 Å². The first-order valence-electron chi connectivity index (χ1n) is 35.2. The van der Waals surface area contributed by atoms with Crippen LogP contribution in [0, 0.1) is 23.7 Å². The van der Waals surface area contributed by atoms with Crippen LogP contribution in [-0.2, 0) is 65.4 Å². The second-order valence-electron chi connectivity index (χ2n) is 26.2. The van der Waals surface area contributed by atoms with Crippen molar-refractivity contribution in [3.05, 3.63) is 0 Å². The zero-order valence-electron chi connectivity index (χ0n) is 56.6. The molecule has 0 rings (SSSR count). The monoisotopic (exact) mass is 1280 g/mol. The van der Waals surface area contributed by atoms with Gasteiger partial charge in [-0.1, -0.05) is 280 Å². The van der Waals surface area contributed by atoms with E-state index in [9.17, 15) is 43.2 Å². The first-order chi connectivity index (χ1) is 41.6. The lowest BCUT2D eigenvalue weighted by molar-refractivity contribution is -0.161. The molecule has 0 spiro atoms. The maximum absolute atomic E-state index is 13.0. The Hall–Kier alpha value is -1.94. The predicted molar refractivity (Wildman–Crippen MR) is 349 cm³/mol. The van der Waals surface area contributed by atoms with Gasteiger partial charge in [0.05, 0.1) is 26.4 Å². The van der Waals surface area contributed by atoms with Gasteiger partial charge in [0, 0.05) is 25.7 Å². The highest BCUT2D eigenvalue weighted by Gasteiger charge is 2.30. The number of hydrogen-bond donors (Lipinski definition) is 3. The molecule has 0 aromatic heterocycles. The molecule has 0 aliphatic heterocycles. The van der Waals surface area contributed by atoms with Crippen LogP contribution in [0.4, 0.5) is 0 Å². The molecule has 516 valence electrons. The maximum Gasteiger partial charge on any atom is 0.472 e. The van der Waals surface area contributed by atoms with E-state index in [2.05, 4.69) is 55.4 Å². The van der Waals surface area contributed by atoms with Gasteiger partial charge in [0.25, 0.3) is 0 Å². The molecule has 0 radical (unpaired) electrons. The third-order valence-electron chi connectivity index (χ3n) is 15.9. The number of esters is 4. The van der Waals surface area contributed by atoms with E-state index in [1.54, 1.807) is 0 Å². The quantitative estimate of drug-likeness (QED) is 0.0222. The third-order valence-corrected chi connectivity index (χ3v) is 17.8. The molecule has 0 saturated carbocycles. The lowest BCUT2D eigenvalue weighted by atomic mass is 10.00. The number of unbranched alkanes of at least 4 members (excludes halogenated alkanes) is 30. The Morgan fingerprint density at radius 2 is 0.552 bits per heavy atom. The topological polar surface area (TPSA) is 237 Å². The normalized spacial score (nSPS) is 14.6. The van der Waals surface area contributed by atoms with Crippen LogP contribution in [0.1, 0.15) is 331 Å². The van der Waals surface area contributed by atoms with Gasteiger partial charge in [-0.2, -0.15) is 0 Å². The van der Waals surface area contributed by atoms with E-state index in [0.29, 0.717) is 31.6 Å². The number of carbonyl (C=O) groups excluding carboxylic acids is 4. The molecule has 0 bridgehead atoms. The van der Waals surface area contributed by atoms with Crippen molar-refractivity contribution in [1.82, 2.24) is 0 Å². The zero-order valence-corrected chi connectivity index (χ0v) is 58.4. The van der Waals surface area contributed by atoms with Gasteiger partial charge >= 0.3 is 39.5 Å². The van der Waals surface area contributed by atoms with Crippen molar-refractivity contribution in [3.63, 3.8) is 0 Å². The van der Waals surface area contributed by atoms with E-state index in [4.69, 9.17) is 37.0 Å². The van der Waals surface area contributed by atoms with Gasteiger partial charge in [0.1, 0.15) is 19.3 Å². The molecule has 0 fully saturated rings. The molecule has 0 saturated heterocycles. The Bertz CT molecular complexity index is 1730. The van der Waals surface area contributed by atoms with E-state index in [1.165, 1.54) is 128 Å². The molecule has 0 aliphatic carbocycles. The van der Waals surface area contributed by atoms with Gasteiger partial charge in [-0.15, -0.1) is 0 Å². The number of ether oxygens (including phenoxy) is 4. The molecular formula is C68H132O17P2. The first-order valence-corrected chi connectivity index (χ1v) is 38.2. The summed E-state index contributed by atoms with van der Waals surface area (Å²) >= 11 is 0. The summed E-state index contributed by atoms with van der Waals surface area (Å²) in [6.07, 6.45) is 39.0. The summed E-state index contributed by atoms with van der Waals surface area (Å²) < 4.78 is 68.2. The lowest BCUT2D eigenvalue weighted by Gasteiger charge is -2.21. The lowest BCUT2D eigenvalue weighted by Crippen LogP contribution is -2.30. The summed E-state index contributed by atoms with van der Waals surface area (Å²) in [6, 6.07) is 0. The first kappa shape index (κ1) is 85.1. The summed E-state index contributed by atoms with van der Waals surface area (Å²) in [7, 11) is -9.90. The minimum atomic E-state index is -4.95. The Labute approximate surface area is 530 Å². The summed E-state index contributed by atoms with van der Waals surface area (Å²) in [5, 5.41) is 10.6. The maximum atomic E-state index is 13.0. The number of phosphoric ester groups is 2. The van der Waals surface area contributed by atoms with Gasteiger partial charge in [0.2, 0.25) is 0 Å². The fraction of sp³-hybridized carbons (Fsp3) is 0.941. The minimum absolute atomic E-state index is 0.103. The van der Waals surface area contributed by atoms with Crippen LogP contribution in [0.25, 0.3) is 0 Å². The third kappa shape index (κ3) is 61.3. The van der Waals surface area contributed by atoms with Gasteiger partial charge in [-0.25, -0.2) is 9.13 Å². The fourth-order valence-corrected chi connectivity index (χ4v) is 11.7. The Morgan fingerprint density at radius 3 is 0.816 bits per heavy atom. The Morgan fingerprint density at radius 1 is 0.322 bits per heavy atom. The number of aliphatic hydroxyl groups is 1. The summed E-state index contributed by atoms with van der Waals surface area (Å²) in [6.45, 7) is 14.0. The molecule has 19 heteroatoms. The molecule has 3 N–H and O–H groups in total. The van der Waals surface area contributed by atoms with Crippen LogP contribution >= 0.6 is 15.6 Å². The Kier molecular flexibility index (Phi) is 56.6. The molecule has 6 atom stereocenters. The van der Waals surface area contributed by atoms with Crippen molar-refractivity contribution in [2.45, 2.75) is 350 Å². The standard InChI is InChI=1S/C68H132O17P2/c1-9-61(8)47-39-31-26-27-33-41-49-66(71)79-55-64(84-67(72)50-42-34-24-18-14-13-16-21-29-37-45-59(4)5)57-83-87(76,77)81-53-62(69)52-80-86(74,75)82-56-63(85-68(73)51-43-35-25-19-22-30-38-46-60(6)7)54-78-65(70)48-40-32-23-17-12-10-11-15-20-28-36-44-58(2)3/h58-64,69H,9-57H2,1-8H3,(H,74,75)(H,76,77)/t61?,62-,63-,64-/m1/s1. The van der Waals surface area contributed by atoms with Crippen molar-refractivity contribution in [3.8, 4) is 0 Å². The number of hydrogen-bond acceptors (Lipinski definition) is 15. The highest BCUT2D eigenvalue weighted by Crippen LogP contribution is 2.45. The number of rotatable bonds is 65. The largest absolute Gasteiger partial charge is 0.472 e. The van der Waals surface area contributed by atoms with Crippen LogP contribution < -0.4 is 0 Å². The van der Waals surface area contributed by atoms with E-state index < -0.39 is 97.5 Å². The summed E-state index contributed by atoms with van der Waals surface area (Å²) in [4.78, 5) is 72.4. The van der Waals surface area contributed by atoms with Crippen LogP contribution in [0.15, 0.2) is 0 Å². The second kappa shape index (κ2) is 57.9. The highest BCUT2D eigenvalue weighted by molar-refractivity contribution is 7.47. The number of phosphoric acid groups is 2. The van der Waals surface area contributed by atoms with Gasteiger partial charge in [-0.05, 0) is 49.4 Å². The molecule has 3 unspecified atom stereocenters. The summed E-state index contributed by atoms with van der Waals surface area (Å²) in [5.41, 5.74) is 0. The molecule has 0 amide bonds. The van der Waals surface area contributed by atoms with E-state index >= 15 is 0 Å². The van der Waals surface area contributed by atoms with Gasteiger partial charge in [0.15, 0.2) is 12.2 Å². The zero-order chi connectivity index (χ0) is 64.7. The SMILES string of the molecule is CCC(C)CCCCCCCCC(=O)OC[C@H](COP(=O)(O)OC[C@H](O)COP(=O)(O)OC[C@@H](COC(=O)CCCCCCCCCCCCCC(C)C)OC(=O)CCCCCCCCCC(C)C)OC(=O)CCCCCCCCCCCCC(C)C. The molecule has 87 heavy (non-hydrogen) atoms. The van der Waals surface area contributed by atoms with Crippen LogP contribution in [0.2, 0.25) is 0 Å². The molecule has 17 nitrogen and oxygen atoms in total. The van der Waals surface area contributed by atoms with Gasteiger partial charge in [-0.3, -0.25) is 37.3 Å². The smallest absolute Gasteiger partial charge is 0.462 e. The van der Waals surface area contributed by atoms with Crippen LogP contribution in [-0.4, -0.2) is 96.7 Å². The fourth-order valence-electron chi connectivity index (χ4n) is 10.1. The highest BCUT2D eigenvalue weighted by atomic mass is 31.2. The minimum Gasteiger partial charge on any atom is -0.462 e. The van der Waals surface area contributed by atoms with E-state index in [-0.39, 0.29) is 25.7 Å². The van der Waals surface area contributed by atoms with Crippen molar-refractivity contribution >= 4 is 39.5 Å². The average molecular weight is 1280 g/mol. The van der Waals surface area contributed by atoms with Crippen molar-refractivity contribution in [2.75, 3.05) is 39.6 Å². The number of aliphatic hydroxyl groups excluding tert-OH is 1. The average Bonchev–Trinajstić information content (AvgIpc) is 3.69. The molecule has 0 aromatic rings. The van der Waals surface area contributed by atoms with Gasteiger partial charge < -0.3 is 33.8 Å². The van der Waals surface area contributed by atoms with Crippen molar-refractivity contribution in [1.29, 1.82) is 0 Å². The molecule has 0 aromatic carbocycles. The van der Waals surface area contributed by atoms with Crippen molar-refractivity contribution in [2.24, 2.45) is 23.7 Å².